The molecule has 0 spiro atoms. The van der Waals surface area contributed by atoms with Crippen LogP contribution < -0.4 is 4.74 Å². The maximum absolute atomic E-state index is 13.1. The minimum Gasteiger partial charge on any atom is -0.506 e. The first kappa shape index (κ1) is 19.2. The van der Waals surface area contributed by atoms with Crippen molar-refractivity contribution in [1.82, 2.24) is 0 Å². The van der Waals surface area contributed by atoms with Crippen LogP contribution in [0.25, 0.3) is 21.5 Å². The molecule has 0 aliphatic rings. The van der Waals surface area contributed by atoms with E-state index in [0.29, 0.717) is 27.0 Å². The molecule has 0 unspecified atom stereocenters. The summed E-state index contributed by atoms with van der Waals surface area (Å²) >= 11 is 1.43. The van der Waals surface area contributed by atoms with E-state index in [1.807, 2.05) is 91.0 Å². The summed E-state index contributed by atoms with van der Waals surface area (Å²) in [6.07, 6.45) is 0. The third-order valence-corrected chi connectivity index (χ3v) is 6.17. The fourth-order valence-corrected chi connectivity index (χ4v) is 4.56. The van der Waals surface area contributed by atoms with Crippen molar-refractivity contribution in [3.05, 3.63) is 109 Å². The molecule has 0 saturated carbocycles. The Balaban J connectivity index is 1.59. The Morgan fingerprint density at radius 2 is 1.35 bits per heavy atom. The van der Waals surface area contributed by atoms with Crippen LogP contribution in [0, 0.1) is 0 Å². The Morgan fingerprint density at radius 3 is 2.16 bits per heavy atom. The van der Waals surface area contributed by atoms with Crippen molar-refractivity contribution in [1.29, 1.82) is 0 Å². The van der Waals surface area contributed by atoms with Crippen LogP contribution in [0.5, 0.6) is 11.5 Å². The van der Waals surface area contributed by atoms with Crippen molar-refractivity contribution in [2.75, 3.05) is 0 Å². The van der Waals surface area contributed by atoms with E-state index in [1.165, 1.54) is 11.8 Å². The highest BCUT2D eigenvalue weighted by Gasteiger charge is 2.18. The first-order valence-corrected chi connectivity index (χ1v) is 10.7. The SMILES string of the molecule is O=C(Oc1cc(Sc2ccccc2)c(O)c2ccccc12)c1cccc2ccccc12. The van der Waals surface area contributed by atoms with Crippen LogP contribution in [0.2, 0.25) is 0 Å². The summed E-state index contributed by atoms with van der Waals surface area (Å²) in [7, 11) is 0. The van der Waals surface area contributed by atoms with Gasteiger partial charge in [0.05, 0.1) is 10.5 Å². The molecule has 150 valence electrons. The number of carbonyl (C=O) groups is 1. The molecule has 31 heavy (non-hydrogen) atoms. The number of ether oxygens (including phenoxy) is 1. The van der Waals surface area contributed by atoms with Crippen LogP contribution in [-0.2, 0) is 0 Å². The molecule has 0 aromatic heterocycles. The van der Waals surface area contributed by atoms with Crippen molar-refractivity contribution in [3.63, 3.8) is 0 Å². The Labute approximate surface area is 183 Å². The average molecular weight is 423 g/mol. The second-order valence-electron chi connectivity index (χ2n) is 7.10. The maximum atomic E-state index is 13.1. The summed E-state index contributed by atoms with van der Waals surface area (Å²) in [6.45, 7) is 0. The Kier molecular flexibility index (Phi) is 5.06. The Bertz CT molecular complexity index is 1410. The van der Waals surface area contributed by atoms with E-state index in [4.69, 9.17) is 4.74 Å². The molecule has 0 aliphatic carbocycles. The first-order valence-electron chi connectivity index (χ1n) is 9.88. The number of phenols is 1. The number of carbonyl (C=O) groups excluding carboxylic acids is 1. The minimum absolute atomic E-state index is 0.175. The molecule has 0 saturated heterocycles. The lowest BCUT2D eigenvalue weighted by Gasteiger charge is -2.14. The molecule has 0 bridgehead atoms. The third kappa shape index (κ3) is 3.74. The highest BCUT2D eigenvalue weighted by atomic mass is 32.2. The lowest BCUT2D eigenvalue weighted by Crippen LogP contribution is -2.09. The third-order valence-electron chi connectivity index (χ3n) is 5.13. The highest BCUT2D eigenvalue weighted by Crippen LogP contribution is 2.43. The second kappa shape index (κ2) is 8.17. The van der Waals surface area contributed by atoms with E-state index < -0.39 is 5.97 Å². The first-order chi connectivity index (χ1) is 15.2. The molecule has 0 aliphatic heterocycles. The lowest BCUT2D eigenvalue weighted by molar-refractivity contribution is 0.0738. The van der Waals surface area contributed by atoms with Crippen molar-refractivity contribution in [2.24, 2.45) is 0 Å². The molecule has 0 fully saturated rings. The number of phenolic OH excluding ortho intramolecular Hbond substituents is 1. The molecule has 0 amide bonds. The molecule has 0 radical (unpaired) electrons. The summed E-state index contributed by atoms with van der Waals surface area (Å²) in [5.41, 5.74) is 0.507. The topological polar surface area (TPSA) is 46.5 Å². The molecule has 5 aromatic rings. The van der Waals surface area contributed by atoms with Crippen LogP contribution in [-0.4, -0.2) is 11.1 Å². The fraction of sp³-hybridized carbons (Fsp3) is 0. The number of aromatic hydroxyl groups is 1. The van der Waals surface area contributed by atoms with Gasteiger partial charge in [0.15, 0.2) is 0 Å². The fourth-order valence-electron chi connectivity index (χ4n) is 3.64. The summed E-state index contributed by atoms with van der Waals surface area (Å²) in [4.78, 5) is 14.8. The summed E-state index contributed by atoms with van der Waals surface area (Å²) in [5.74, 6) is 0.169. The maximum Gasteiger partial charge on any atom is 0.344 e. The predicted molar refractivity (Wildman–Crippen MR) is 125 cm³/mol. The zero-order valence-electron chi connectivity index (χ0n) is 16.5. The van der Waals surface area contributed by atoms with E-state index in [1.54, 1.807) is 12.1 Å². The van der Waals surface area contributed by atoms with Gasteiger partial charge < -0.3 is 9.84 Å². The number of hydrogen-bond donors (Lipinski definition) is 1. The van der Waals surface area contributed by atoms with Gasteiger partial charge in [-0.05, 0) is 35.0 Å². The number of fused-ring (bicyclic) bond motifs is 2. The van der Waals surface area contributed by atoms with Gasteiger partial charge in [-0.1, -0.05) is 90.6 Å². The number of rotatable bonds is 4. The van der Waals surface area contributed by atoms with Gasteiger partial charge in [0, 0.05) is 15.7 Å². The minimum atomic E-state index is -0.427. The van der Waals surface area contributed by atoms with Gasteiger partial charge in [0.25, 0.3) is 0 Å². The summed E-state index contributed by atoms with van der Waals surface area (Å²) in [6, 6.07) is 32.2. The molecule has 3 nitrogen and oxygen atoms in total. The summed E-state index contributed by atoms with van der Waals surface area (Å²) < 4.78 is 5.89. The Morgan fingerprint density at radius 1 is 0.710 bits per heavy atom. The molecular formula is C27H18O3S. The smallest absolute Gasteiger partial charge is 0.344 e. The molecule has 1 N–H and O–H groups in total. The highest BCUT2D eigenvalue weighted by molar-refractivity contribution is 7.99. The largest absolute Gasteiger partial charge is 0.506 e. The average Bonchev–Trinajstić information content (AvgIpc) is 2.82. The lowest BCUT2D eigenvalue weighted by atomic mass is 10.0. The van der Waals surface area contributed by atoms with Gasteiger partial charge in [-0.3, -0.25) is 0 Å². The van der Waals surface area contributed by atoms with Gasteiger partial charge >= 0.3 is 5.97 Å². The number of hydrogen-bond acceptors (Lipinski definition) is 4. The monoisotopic (exact) mass is 422 g/mol. The van der Waals surface area contributed by atoms with Crippen molar-refractivity contribution < 1.29 is 14.6 Å². The van der Waals surface area contributed by atoms with Gasteiger partial charge in [-0.25, -0.2) is 4.79 Å². The zero-order chi connectivity index (χ0) is 21.2. The van der Waals surface area contributed by atoms with Crippen molar-refractivity contribution in [3.8, 4) is 11.5 Å². The van der Waals surface area contributed by atoms with E-state index in [-0.39, 0.29) is 5.75 Å². The predicted octanol–water partition coefficient (Wildman–Crippen LogP) is 7.07. The van der Waals surface area contributed by atoms with E-state index in [9.17, 15) is 9.90 Å². The van der Waals surface area contributed by atoms with E-state index in [0.717, 1.165) is 15.7 Å². The van der Waals surface area contributed by atoms with Crippen molar-refractivity contribution >= 4 is 39.3 Å². The summed E-state index contributed by atoms with van der Waals surface area (Å²) in [5, 5.41) is 14.0. The number of esters is 1. The van der Waals surface area contributed by atoms with Crippen LogP contribution in [0.4, 0.5) is 0 Å². The quantitative estimate of drug-likeness (QED) is 0.249. The molecule has 0 heterocycles. The number of benzene rings is 5. The van der Waals surface area contributed by atoms with Gasteiger partial charge in [-0.2, -0.15) is 0 Å². The molecule has 5 aromatic carbocycles. The van der Waals surface area contributed by atoms with Crippen LogP contribution in [0.1, 0.15) is 10.4 Å². The second-order valence-corrected chi connectivity index (χ2v) is 8.21. The van der Waals surface area contributed by atoms with Crippen LogP contribution in [0.3, 0.4) is 0 Å². The molecular weight excluding hydrogens is 404 g/mol. The normalized spacial score (nSPS) is 11.0. The Hall–Kier alpha value is -3.76. The molecule has 4 heteroatoms. The van der Waals surface area contributed by atoms with Gasteiger partial charge in [-0.15, -0.1) is 0 Å². The molecule has 5 rings (SSSR count). The standard InChI is InChI=1S/C27H18O3S/c28-26-22-15-7-6-14-21(22)24(17-25(26)31-19-11-2-1-3-12-19)30-27(29)23-16-8-10-18-9-4-5-13-20(18)23/h1-17,28H. The zero-order valence-corrected chi connectivity index (χ0v) is 17.3. The van der Waals surface area contributed by atoms with Gasteiger partial charge in [0.2, 0.25) is 0 Å². The molecule has 0 atom stereocenters. The van der Waals surface area contributed by atoms with Crippen molar-refractivity contribution in [2.45, 2.75) is 9.79 Å². The van der Waals surface area contributed by atoms with Crippen LogP contribution >= 0.6 is 11.8 Å². The van der Waals surface area contributed by atoms with E-state index in [2.05, 4.69) is 0 Å². The van der Waals surface area contributed by atoms with Gasteiger partial charge in [0.1, 0.15) is 11.5 Å². The van der Waals surface area contributed by atoms with E-state index >= 15 is 0 Å². The van der Waals surface area contributed by atoms with Crippen LogP contribution in [0.15, 0.2) is 113 Å².